The van der Waals surface area contributed by atoms with E-state index in [1.54, 1.807) is 0 Å². The molecule has 2 rings (SSSR count). The van der Waals surface area contributed by atoms with Crippen molar-refractivity contribution in [2.24, 2.45) is 5.92 Å². The van der Waals surface area contributed by atoms with Gasteiger partial charge in [0.1, 0.15) is 5.82 Å². The average molecular weight is 263 g/mol. The van der Waals surface area contributed by atoms with Crippen LogP contribution in [0.25, 0.3) is 0 Å². The lowest BCUT2D eigenvalue weighted by Gasteiger charge is -2.31. The number of imidazole rings is 1. The van der Waals surface area contributed by atoms with Crippen LogP contribution in [0.2, 0.25) is 0 Å². The minimum absolute atomic E-state index is 0.620. The summed E-state index contributed by atoms with van der Waals surface area (Å²) < 4.78 is 2.37. The highest BCUT2D eigenvalue weighted by Crippen LogP contribution is 2.27. The maximum Gasteiger partial charge on any atom is 0.108 e. The van der Waals surface area contributed by atoms with Gasteiger partial charge in [0, 0.05) is 31.4 Å². The molecule has 1 aromatic rings. The van der Waals surface area contributed by atoms with Crippen LogP contribution in [0.15, 0.2) is 12.4 Å². The van der Waals surface area contributed by atoms with Crippen molar-refractivity contribution < 1.29 is 0 Å². The third-order valence-electron chi connectivity index (χ3n) is 4.35. The minimum atomic E-state index is 0.620. The Morgan fingerprint density at radius 3 is 2.79 bits per heavy atom. The fraction of sp³-hybridized carbons (Fsp3) is 0.812. The molecular weight excluding hydrogens is 234 g/mol. The van der Waals surface area contributed by atoms with Gasteiger partial charge in [-0.25, -0.2) is 4.98 Å². The summed E-state index contributed by atoms with van der Waals surface area (Å²) in [5.74, 6) is 2.10. The van der Waals surface area contributed by atoms with Crippen molar-refractivity contribution in [1.82, 2.24) is 14.9 Å². The normalized spacial score (nSPS) is 18.6. The zero-order valence-electron chi connectivity index (χ0n) is 12.6. The maximum absolute atomic E-state index is 4.50. The van der Waals surface area contributed by atoms with Gasteiger partial charge in [-0.15, -0.1) is 0 Å². The van der Waals surface area contributed by atoms with Crippen LogP contribution >= 0.6 is 0 Å². The highest BCUT2D eigenvalue weighted by atomic mass is 15.1. The highest BCUT2D eigenvalue weighted by Gasteiger charge is 2.23. The molecule has 19 heavy (non-hydrogen) atoms. The number of hydrogen-bond donors (Lipinski definition) is 1. The van der Waals surface area contributed by atoms with Crippen molar-refractivity contribution in [3.05, 3.63) is 18.2 Å². The first-order valence-electron chi connectivity index (χ1n) is 8.08. The molecule has 1 aliphatic carbocycles. The summed E-state index contributed by atoms with van der Waals surface area (Å²) in [7, 11) is 0. The smallest absolute Gasteiger partial charge is 0.108 e. The average Bonchev–Trinajstić information content (AvgIpc) is 2.87. The number of likely N-dealkylation sites (N-methyl/N-ethyl adjacent to an activating group) is 1. The number of aryl methyl sites for hydroxylation is 1. The van der Waals surface area contributed by atoms with Crippen molar-refractivity contribution in [2.75, 3.05) is 6.54 Å². The quantitative estimate of drug-likeness (QED) is 0.817. The molecule has 0 radical (unpaired) electrons. The van der Waals surface area contributed by atoms with Crippen LogP contribution in [0.3, 0.4) is 0 Å². The Balaban J connectivity index is 2.00. The zero-order valence-corrected chi connectivity index (χ0v) is 12.6. The second-order valence-electron chi connectivity index (χ2n) is 5.81. The molecule has 1 N–H and O–H groups in total. The molecule has 0 saturated heterocycles. The number of nitrogens with one attached hydrogen (secondary N) is 1. The first-order valence-corrected chi connectivity index (χ1v) is 8.08. The van der Waals surface area contributed by atoms with Crippen LogP contribution in [0.1, 0.15) is 58.2 Å². The molecule has 3 heteroatoms. The van der Waals surface area contributed by atoms with E-state index in [9.17, 15) is 0 Å². The standard InChI is InChI=1S/C16H29N3/c1-3-8-16-18-11-12-19(16)13-15(17-4-2)14-9-6-5-7-10-14/h11-12,14-15,17H,3-10,13H2,1-2H3. The first kappa shape index (κ1) is 14.6. The number of rotatable bonds is 7. The van der Waals surface area contributed by atoms with E-state index in [2.05, 4.69) is 34.9 Å². The molecule has 0 aromatic carbocycles. The molecule has 1 unspecified atom stereocenters. The van der Waals surface area contributed by atoms with E-state index in [4.69, 9.17) is 0 Å². The molecule has 1 atom stereocenters. The van der Waals surface area contributed by atoms with E-state index < -0.39 is 0 Å². The summed E-state index contributed by atoms with van der Waals surface area (Å²) in [5.41, 5.74) is 0. The molecule has 0 aliphatic heterocycles. The lowest BCUT2D eigenvalue weighted by Crippen LogP contribution is -2.40. The highest BCUT2D eigenvalue weighted by molar-refractivity contribution is 4.94. The molecule has 1 aliphatic rings. The van der Waals surface area contributed by atoms with E-state index in [0.717, 1.165) is 25.4 Å². The van der Waals surface area contributed by atoms with Gasteiger partial charge in [0.25, 0.3) is 0 Å². The Morgan fingerprint density at radius 2 is 2.11 bits per heavy atom. The third kappa shape index (κ3) is 4.07. The van der Waals surface area contributed by atoms with Gasteiger partial charge in [0.15, 0.2) is 0 Å². The van der Waals surface area contributed by atoms with Gasteiger partial charge in [-0.1, -0.05) is 33.1 Å². The van der Waals surface area contributed by atoms with Crippen molar-refractivity contribution in [3.8, 4) is 0 Å². The molecule has 3 nitrogen and oxygen atoms in total. The minimum Gasteiger partial charge on any atom is -0.333 e. The Labute approximate surface area is 117 Å². The predicted molar refractivity (Wildman–Crippen MR) is 80.3 cm³/mol. The monoisotopic (exact) mass is 263 g/mol. The van der Waals surface area contributed by atoms with Gasteiger partial charge in [0.05, 0.1) is 0 Å². The van der Waals surface area contributed by atoms with Crippen LogP contribution in [0.5, 0.6) is 0 Å². The molecule has 0 spiro atoms. The second-order valence-corrected chi connectivity index (χ2v) is 5.81. The Kier molecular flexibility index (Phi) is 5.90. The SMILES string of the molecule is CCCc1nccn1CC(NCC)C1CCCCC1. The fourth-order valence-electron chi connectivity index (χ4n) is 3.35. The van der Waals surface area contributed by atoms with Crippen LogP contribution in [-0.4, -0.2) is 22.1 Å². The molecule has 1 fully saturated rings. The molecule has 0 bridgehead atoms. The summed E-state index contributed by atoms with van der Waals surface area (Å²) in [6, 6.07) is 0.620. The van der Waals surface area contributed by atoms with Crippen LogP contribution in [0.4, 0.5) is 0 Å². The molecular formula is C16H29N3. The van der Waals surface area contributed by atoms with Gasteiger partial charge >= 0.3 is 0 Å². The molecule has 1 saturated carbocycles. The number of nitrogens with zero attached hydrogens (tertiary/aromatic N) is 2. The fourth-order valence-corrected chi connectivity index (χ4v) is 3.35. The van der Waals surface area contributed by atoms with Crippen LogP contribution in [0, 0.1) is 5.92 Å². The van der Waals surface area contributed by atoms with E-state index in [1.165, 1.54) is 44.3 Å². The summed E-state index contributed by atoms with van der Waals surface area (Å²) in [5, 5.41) is 3.71. The molecule has 1 aromatic heterocycles. The Hall–Kier alpha value is -0.830. The second kappa shape index (κ2) is 7.68. The van der Waals surface area contributed by atoms with E-state index in [0.29, 0.717) is 6.04 Å². The van der Waals surface area contributed by atoms with Crippen LogP contribution in [-0.2, 0) is 13.0 Å². The van der Waals surface area contributed by atoms with Crippen molar-refractivity contribution in [3.63, 3.8) is 0 Å². The third-order valence-corrected chi connectivity index (χ3v) is 4.35. The van der Waals surface area contributed by atoms with E-state index in [1.807, 2.05) is 6.20 Å². The largest absolute Gasteiger partial charge is 0.333 e. The van der Waals surface area contributed by atoms with Gasteiger partial charge in [0.2, 0.25) is 0 Å². The Morgan fingerprint density at radius 1 is 1.32 bits per heavy atom. The maximum atomic E-state index is 4.50. The summed E-state index contributed by atoms with van der Waals surface area (Å²) in [6.45, 7) is 6.60. The predicted octanol–water partition coefficient (Wildman–Crippen LogP) is 3.39. The molecule has 0 amide bonds. The van der Waals surface area contributed by atoms with Gasteiger partial charge in [-0.05, 0) is 31.7 Å². The Bertz CT molecular complexity index is 353. The number of hydrogen-bond acceptors (Lipinski definition) is 2. The van der Waals surface area contributed by atoms with Crippen molar-refractivity contribution >= 4 is 0 Å². The summed E-state index contributed by atoms with van der Waals surface area (Å²) in [6.07, 6.45) is 13.4. The van der Waals surface area contributed by atoms with Crippen molar-refractivity contribution in [1.29, 1.82) is 0 Å². The lowest BCUT2D eigenvalue weighted by molar-refractivity contribution is 0.249. The summed E-state index contributed by atoms with van der Waals surface area (Å²) >= 11 is 0. The lowest BCUT2D eigenvalue weighted by atomic mass is 9.83. The first-order chi connectivity index (χ1) is 9.35. The molecule has 108 valence electrons. The summed E-state index contributed by atoms with van der Waals surface area (Å²) in [4.78, 5) is 4.50. The topological polar surface area (TPSA) is 29.9 Å². The van der Waals surface area contributed by atoms with Crippen molar-refractivity contribution in [2.45, 2.75) is 71.4 Å². The van der Waals surface area contributed by atoms with E-state index >= 15 is 0 Å². The van der Waals surface area contributed by atoms with Gasteiger partial charge in [-0.2, -0.15) is 0 Å². The van der Waals surface area contributed by atoms with Gasteiger partial charge in [-0.3, -0.25) is 0 Å². The zero-order chi connectivity index (χ0) is 13.5. The van der Waals surface area contributed by atoms with Gasteiger partial charge < -0.3 is 9.88 Å². The van der Waals surface area contributed by atoms with Crippen LogP contribution < -0.4 is 5.32 Å². The number of aromatic nitrogens is 2. The van der Waals surface area contributed by atoms with E-state index in [-0.39, 0.29) is 0 Å². The molecule has 1 heterocycles.